The van der Waals surface area contributed by atoms with Crippen LogP contribution in [0, 0.1) is 0 Å². The highest BCUT2D eigenvalue weighted by molar-refractivity contribution is 5.93. The fourth-order valence-electron chi connectivity index (χ4n) is 3.78. The van der Waals surface area contributed by atoms with E-state index in [2.05, 4.69) is 10.6 Å². The van der Waals surface area contributed by atoms with E-state index in [0.717, 1.165) is 27.9 Å². The number of carbonyl (C=O) groups excluding carboxylic acids is 2. The monoisotopic (exact) mass is 448 g/mol. The summed E-state index contributed by atoms with van der Waals surface area (Å²) in [6.07, 6.45) is 4.46. The molecule has 2 aromatic heterocycles. The number of aromatic nitrogens is 2. The van der Waals surface area contributed by atoms with E-state index >= 15 is 0 Å². The van der Waals surface area contributed by atoms with Crippen LogP contribution in [0.5, 0.6) is 0 Å². The summed E-state index contributed by atoms with van der Waals surface area (Å²) in [5, 5.41) is 9.80. The highest BCUT2D eigenvalue weighted by atomic mass is 16.6. The molecular formula is C25H28N4O4. The molecule has 0 saturated carbocycles. The molecule has 3 heterocycles. The standard InChI is InChI=1S/C25H28N4O4/c1-25(2,3)33-24(31)28-13-10-18(11-14-28)21-9-8-19-12-15-29(22(19)26-21)16-17-4-6-20(7-5-17)23(30)27-32/h4-10,12,15,32H,11,13-14,16H2,1-3H3,(H,27,30). The Morgan fingerprint density at radius 2 is 1.88 bits per heavy atom. The molecule has 0 fully saturated rings. The molecule has 1 aliphatic heterocycles. The maximum atomic E-state index is 12.3. The smallest absolute Gasteiger partial charge is 0.410 e. The molecule has 3 aromatic rings. The van der Waals surface area contributed by atoms with Crippen molar-refractivity contribution < 1.29 is 19.5 Å². The van der Waals surface area contributed by atoms with Crippen LogP contribution in [0.4, 0.5) is 4.79 Å². The fourth-order valence-corrected chi connectivity index (χ4v) is 3.78. The zero-order chi connectivity index (χ0) is 23.6. The number of ether oxygens (including phenoxy) is 1. The van der Waals surface area contributed by atoms with Crippen molar-refractivity contribution in [3.05, 3.63) is 71.6 Å². The number of pyridine rings is 1. The molecule has 33 heavy (non-hydrogen) atoms. The highest BCUT2D eigenvalue weighted by Crippen LogP contribution is 2.25. The van der Waals surface area contributed by atoms with E-state index in [4.69, 9.17) is 14.9 Å². The first kappa shape index (κ1) is 22.5. The molecule has 0 saturated heterocycles. The van der Waals surface area contributed by atoms with Crippen molar-refractivity contribution in [3.63, 3.8) is 0 Å². The Bertz CT molecular complexity index is 1210. The first-order valence-corrected chi connectivity index (χ1v) is 10.9. The van der Waals surface area contributed by atoms with Gasteiger partial charge in [0.2, 0.25) is 0 Å². The molecule has 1 aromatic carbocycles. The average Bonchev–Trinajstić information content (AvgIpc) is 3.20. The van der Waals surface area contributed by atoms with Gasteiger partial charge in [0.05, 0.1) is 5.69 Å². The average molecular weight is 449 g/mol. The molecule has 8 nitrogen and oxygen atoms in total. The van der Waals surface area contributed by atoms with Gasteiger partial charge in [-0.3, -0.25) is 10.0 Å². The van der Waals surface area contributed by atoms with E-state index in [1.165, 1.54) is 0 Å². The van der Waals surface area contributed by atoms with Crippen molar-refractivity contribution in [1.82, 2.24) is 19.9 Å². The van der Waals surface area contributed by atoms with Crippen LogP contribution >= 0.6 is 0 Å². The number of fused-ring (bicyclic) bond motifs is 1. The van der Waals surface area contributed by atoms with Crippen LogP contribution in [0.25, 0.3) is 16.6 Å². The van der Waals surface area contributed by atoms with Gasteiger partial charge in [-0.1, -0.05) is 18.2 Å². The summed E-state index contributed by atoms with van der Waals surface area (Å²) in [4.78, 5) is 30.4. The number of amides is 2. The van der Waals surface area contributed by atoms with Gasteiger partial charge in [0, 0.05) is 36.8 Å². The van der Waals surface area contributed by atoms with Crippen molar-refractivity contribution in [1.29, 1.82) is 0 Å². The van der Waals surface area contributed by atoms with Crippen molar-refractivity contribution in [2.24, 2.45) is 0 Å². The fraction of sp³-hybridized carbons (Fsp3) is 0.320. The minimum absolute atomic E-state index is 0.294. The van der Waals surface area contributed by atoms with Gasteiger partial charge < -0.3 is 14.2 Å². The Kier molecular flexibility index (Phi) is 6.20. The summed E-state index contributed by atoms with van der Waals surface area (Å²) < 4.78 is 7.53. The lowest BCUT2D eigenvalue weighted by molar-refractivity contribution is 0.0270. The number of hydrogen-bond acceptors (Lipinski definition) is 5. The summed E-state index contributed by atoms with van der Waals surface area (Å²) in [5.74, 6) is -0.537. The van der Waals surface area contributed by atoms with Crippen LogP contribution in [-0.2, 0) is 11.3 Å². The van der Waals surface area contributed by atoms with Gasteiger partial charge in [0.1, 0.15) is 11.2 Å². The second-order valence-corrected chi connectivity index (χ2v) is 9.10. The van der Waals surface area contributed by atoms with E-state index < -0.39 is 11.5 Å². The molecule has 0 spiro atoms. The van der Waals surface area contributed by atoms with E-state index in [0.29, 0.717) is 31.6 Å². The molecule has 0 atom stereocenters. The van der Waals surface area contributed by atoms with E-state index in [1.54, 1.807) is 22.5 Å². The molecule has 2 N–H and O–H groups in total. The Balaban J connectivity index is 1.50. The van der Waals surface area contributed by atoms with Gasteiger partial charge in [-0.05, 0) is 68.7 Å². The predicted molar refractivity (Wildman–Crippen MR) is 125 cm³/mol. The van der Waals surface area contributed by atoms with Gasteiger partial charge in [-0.2, -0.15) is 0 Å². The van der Waals surface area contributed by atoms with E-state index in [1.807, 2.05) is 57.3 Å². The van der Waals surface area contributed by atoms with Crippen molar-refractivity contribution in [2.45, 2.75) is 39.3 Å². The third-order valence-electron chi connectivity index (χ3n) is 5.47. The Hall–Kier alpha value is -3.65. The zero-order valence-corrected chi connectivity index (χ0v) is 19.0. The van der Waals surface area contributed by atoms with Crippen LogP contribution in [0.3, 0.4) is 0 Å². The topological polar surface area (TPSA) is 96.7 Å². The van der Waals surface area contributed by atoms with Gasteiger partial charge >= 0.3 is 6.09 Å². The Labute approximate surface area is 192 Å². The van der Waals surface area contributed by atoms with Crippen LogP contribution in [0.15, 0.2) is 54.7 Å². The summed E-state index contributed by atoms with van der Waals surface area (Å²) in [6.45, 7) is 7.29. The predicted octanol–water partition coefficient (Wildman–Crippen LogP) is 4.23. The SMILES string of the molecule is CC(C)(C)OC(=O)N1CC=C(c2ccc3ccn(Cc4ccc(C(=O)NO)cc4)c3n2)CC1. The summed E-state index contributed by atoms with van der Waals surface area (Å²) in [5.41, 5.74) is 5.43. The van der Waals surface area contributed by atoms with Crippen LogP contribution < -0.4 is 5.48 Å². The van der Waals surface area contributed by atoms with Gasteiger partial charge in [-0.25, -0.2) is 15.3 Å². The number of hydrogen-bond donors (Lipinski definition) is 2. The van der Waals surface area contributed by atoms with Gasteiger partial charge in [0.25, 0.3) is 5.91 Å². The molecule has 172 valence electrons. The number of nitrogens with one attached hydrogen (secondary N) is 1. The van der Waals surface area contributed by atoms with Crippen molar-refractivity contribution in [2.75, 3.05) is 13.1 Å². The highest BCUT2D eigenvalue weighted by Gasteiger charge is 2.24. The number of benzene rings is 1. The molecular weight excluding hydrogens is 420 g/mol. The number of nitrogens with zero attached hydrogens (tertiary/aromatic N) is 3. The molecule has 4 rings (SSSR count). The first-order chi connectivity index (χ1) is 15.7. The summed E-state index contributed by atoms with van der Waals surface area (Å²) in [6, 6.07) is 13.2. The molecule has 0 bridgehead atoms. The normalized spacial score (nSPS) is 14.2. The van der Waals surface area contributed by atoms with Crippen LogP contribution in [-0.4, -0.2) is 50.3 Å². The zero-order valence-electron chi connectivity index (χ0n) is 19.0. The Morgan fingerprint density at radius 1 is 1.12 bits per heavy atom. The quantitative estimate of drug-likeness (QED) is 0.460. The second-order valence-electron chi connectivity index (χ2n) is 9.10. The van der Waals surface area contributed by atoms with Crippen LogP contribution in [0.2, 0.25) is 0 Å². The van der Waals surface area contributed by atoms with E-state index in [-0.39, 0.29) is 6.09 Å². The minimum atomic E-state index is -0.537. The van der Waals surface area contributed by atoms with Gasteiger partial charge in [-0.15, -0.1) is 0 Å². The number of hydroxylamine groups is 1. The third kappa shape index (κ3) is 5.23. The molecule has 0 aliphatic carbocycles. The summed E-state index contributed by atoms with van der Waals surface area (Å²) in [7, 11) is 0. The number of rotatable bonds is 4. The second kappa shape index (κ2) is 9.07. The summed E-state index contributed by atoms with van der Waals surface area (Å²) >= 11 is 0. The lowest BCUT2D eigenvalue weighted by Gasteiger charge is -2.29. The molecule has 0 radical (unpaired) electrons. The first-order valence-electron chi connectivity index (χ1n) is 10.9. The largest absolute Gasteiger partial charge is 0.444 e. The number of carbonyl (C=O) groups is 2. The van der Waals surface area contributed by atoms with Crippen LogP contribution in [0.1, 0.15) is 48.8 Å². The third-order valence-corrected chi connectivity index (χ3v) is 5.47. The lowest BCUT2D eigenvalue weighted by Crippen LogP contribution is -2.39. The van der Waals surface area contributed by atoms with Crippen molar-refractivity contribution >= 4 is 28.6 Å². The minimum Gasteiger partial charge on any atom is -0.444 e. The Morgan fingerprint density at radius 3 is 2.52 bits per heavy atom. The molecule has 2 amide bonds. The maximum Gasteiger partial charge on any atom is 0.410 e. The maximum absolute atomic E-state index is 12.3. The molecule has 1 aliphatic rings. The molecule has 0 unspecified atom stereocenters. The van der Waals surface area contributed by atoms with E-state index in [9.17, 15) is 9.59 Å². The van der Waals surface area contributed by atoms with Crippen molar-refractivity contribution in [3.8, 4) is 0 Å². The molecule has 8 heteroatoms. The lowest BCUT2D eigenvalue weighted by atomic mass is 10.0. The van der Waals surface area contributed by atoms with Gasteiger partial charge in [0.15, 0.2) is 0 Å².